The summed E-state index contributed by atoms with van der Waals surface area (Å²) in [6, 6.07) is 8.45. The van der Waals surface area contributed by atoms with Crippen molar-refractivity contribution in [3.63, 3.8) is 0 Å². The molecule has 0 fully saturated rings. The number of hydrogen-bond donors (Lipinski definition) is 2. The van der Waals surface area contributed by atoms with E-state index in [9.17, 15) is 9.90 Å². The lowest BCUT2D eigenvalue weighted by Gasteiger charge is -2.30. The molecule has 0 saturated carbocycles. The van der Waals surface area contributed by atoms with E-state index >= 15 is 0 Å². The molecule has 0 aromatic heterocycles. The minimum absolute atomic E-state index is 0.123. The van der Waals surface area contributed by atoms with Gasteiger partial charge in [-0.05, 0) is 29.8 Å². The number of aliphatic hydroxyl groups excluding tert-OH is 1. The van der Waals surface area contributed by atoms with E-state index in [1.54, 1.807) is 6.08 Å². The maximum absolute atomic E-state index is 12.1. The van der Waals surface area contributed by atoms with Gasteiger partial charge in [0.2, 0.25) is 0 Å². The van der Waals surface area contributed by atoms with Crippen LogP contribution in [0.5, 0.6) is 0 Å². The Kier molecular flexibility index (Phi) is 5.33. The standard InChI is InChI=1S/C19H25N3O2/c1-21-9-6-16(7-10-21)19(24)20-12-18(23)14-22-11-8-15-4-2-3-5-17(15)13-22/h2-7,9,18,23H,8,10-14H2,1H3,(H,20,24)/t18-/m0/s1. The Morgan fingerprint density at radius 2 is 2.12 bits per heavy atom. The monoisotopic (exact) mass is 327 g/mol. The second kappa shape index (κ2) is 7.64. The summed E-state index contributed by atoms with van der Waals surface area (Å²) in [5.74, 6) is -0.123. The molecule has 1 atom stereocenters. The predicted octanol–water partition coefficient (Wildman–Crippen LogP) is 0.907. The number of aliphatic hydroxyl groups is 1. The Bertz CT molecular complexity index is 654. The van der Waals surface area contributed by atoms with Crippen molar-refractivity contribution in [1.29, 1.82) is 0 Å². The van der Waals surface area contributed by atoms with Crippen molar-refractivity contribution in [2.75, 3.05) is 33.2 Å². The average Bonchev–Trinajstić information content (AvgIpc) is 2.60. The van der Waals surface area contributed by atoms with Gasteiger partial charge in [0, 0.05) is 45.3 Å². The number of nitrogens with one attached hydrogen (secondary N) is 1. The highest BCUT2D eigenvalue weighted by Gasteiger charge is 2.19. The number of nitrogens with zero attached hydrogens (tertiary/aromatic N) is 2. The molecule has 1 aromatic carbocycles. The van der Waals surface area contributed by atoms with E-state index in [1.165, 1.54) is 11.1 Å². The first-order chi connectivity index (χ1) is 11.6. The average molecular weight is 327 g/mol. The lowest BCUT2D eigenvalue weighted by atomic mass is 10.00. The third-order valence-corrected chi connectivity index (χ3v) is 4.55. The van der Waals surface area contributed by atoms with E-state index < -0.39 is 6.10 Å². The second-order valence-corrected chi connectivity index (χ2v) is 6.53. The molecule has 24 heavy (non-hydrogen) atoms. The summed E-state index contributed by atoms with van der Waals surface area (Å²) in [6.07, 6.45) is 6.03. The third-order valence-electron chi connectivity index (χ3n) is 4.55. The summed E-state index contributed by atoms with van der Waals surface area (Å²) in [5.41, 5.74) is 3.39. The van der Waals surface area contributed by atoms with Crippen LogP contribution in [0, 0.1) is 0 Å². The fourth-order valence-corrected chi connectivity index (χ4v) is 3.13. The number of benzene rings is 1. The van der Waals surface area contributed by atoms with Gasteiger partial charge in [-0.15, -0.1) is 0 Å². The number of carbonyl (C=O) groups is 1. The van der Waals surface area contributed by atoms with E-state index in [1.807, 2.05) is 24.2 Å². The lowest BCUT2D eigenvalue weighted by Crippen LogP contribution is -2.42. The topological polar surface area (TPSA) is 55.8 Å². The largest absolute Gasteiger partial charge is 0.390 e. The number of β-amino-alcohol motifs (C(OH)–C–C–N with tert-alkyl or cyclic N) is 1. The van der Waals surface area contributed by atoms with Crippen molar-refractivity contribution in [2.45, 2.75) is 19.1 Å². The zero-order valence-electron chi connectivity index (χ0n) is 14.1. The molecule has 1 aromatic rings. The maximum Gasteiger partial charge on any atom is 0.251 e. The Labute approximate surface area is 143 Å². The molecule has 0 unspecified atom stereocenters. The van der Waals surface area contributed by atoms with Crippen molar-refractivity contribution >= 4 is 5.91 Å². The molecule has 0 saturated heterocycles. The van der Waals surface area contributed by atoms with Gasteiger partial charge in [0.25, 0.3) is 5.91 Å². The van der Waals surface area contributed by atoms with E-state index in [0.717, 1.165) is 26.1 Å². The molecule has 2 heterocycles. The van der Waals surface area contributed by atoms with E-state index in [4.69, 9.17) is 0 Å². The quantitative estimate of drug-likeness (QED) is 0.844. The highest BCUT2D eigenvalue weighted by Crippen LogP contribution is 2.18. The first-order valence-electron chi connectivity index (χ1n) is 8.46. The van der Waals surface area contributed by atoms with Crippen molar-refractivity contribution < 1.29 is 9.90 Å². The molecule has 2 aliphatic heterocycles. The molecular weight excluding hydrogens is 302 g/mol. The fraction of sp³-hybridized carbons (Fsp3) is 0.421. The van der Waals surface area contributed by atoms with Crippen LogP contribution in [0.15, 0.2) is 48.2 Å². The first kappa shape index (κ1) is 16.7. The zero-order valence-corrected chi connectivity index (χ0v) is 14.1. The van der Waals surface area contributed by atoms with Gasteiger partial charge in [0.05, 0.1) is 6.10 Å². The van der Waals surface area contributed by atoms with Crippen molar-refractivity contribution in [2.24, 2.45) is 0 Å². The molecule has 3 rings (SSSR count). The van der Waals surface area contributed by atoms with Crippen LogP contribution in [0.1, 0.15) is 11.1 Å². The van der Waals surface area contributed by atoms with Gasteiger partial charge in [-0.3, -0.25) is 9.69 Å². The summed E-state index contributed by atoms with van der Waals surface area (Å²) in [6.45, 7) is 3.39. The lowest BCUT2D eigenvalue weighted by molar-refractivity contribution is -0.117. The molecule has 0 spiro atoms. The van der Waals surface area contributed by atoms with E-state index in [2.05, 4.69) is 34.5 Å². The predicted molar refractivity (Wildman–Crippen MR) is 94.3 cm³/mol. The molecule has 2 aliphatic rings. The van der Waals surface area contributed by atoms with Gasteiger partial charge < -0.3 is 15.3 Å². The van der Waals surface area contributed by atoms with Crippen molar-refractivity contribution in [3.05, 3.63) is 59.3 Å². The van der Waals surface area contributed by atoms with Gasteiger partial charge in [0.15, 0.2) is 0 Å². The molecule has 0 aliphatic carbocycles. The van der Waals surface area contributed by atoms with Crippen LogP contribution in [0.3, 0.4) is 0 Å². The SMILES string of the molecule is CN1C=CC(C(=O)NC[C@H](O)CN2CCc3ccccc3C2)=CC1. The summed E-state index contributed by atoms with van der Waals surface area (Å²) >= 11 is 0. The van der Waals surface area contributed by atoms with Crippen LogP contribution in [-0.2, 0) is 17.8 Å². The molecule has 1 amide bonds. The molecule has 0 bridgehead atoms. The number of likely N-dealkylation sites (N-methyl/N-ethyl adjacent to an activating group) is 1. The zero-order chi connectivity index (χ0) is 16.9. The number of rotatable bonds is 5. The molecule has 5 nitrogen and oxygen atoms in total. The normalized spacial score (nSPS) is 18.8. The Balaban J connectivity index is 1.44. The molecule has 128 valence electrons. The van der Waals surface area contributed by atoms with E-state index in [-0.39, 0.29) is 12.5 Å². The highest BCUT2D eigenvalue weighted by atomic mass is 16.3. The van der Waals surface area contributed by atoms with Gasteiger partial charge in [-0.1, -0.05) is 30.3 Å². The van der Waals surface area contributed by atoms with Gasteiger partial charge in [-0.2, -0.15) is 0 Å². The summed E-state index contributed by atoms with van der Waals surface area (Å²) in [5, 5.41) is 13.1. The first-order valence-corrected chi connectivity index (χ1v) is 8.46. The van der Waals surface area contributed by atoms with E-state index in [0.29, 0.717) is 12.1 Å². The minimum Gasteiger partial charge on any atom is -0.390 e. The third kappa shape index (κ3) is 4.24. The minimum atomic E-state index is -0.560. The Hall–Kier alpha value is -2.11. The number of carbonyl (C=O) groups excluding carboxylic acids is 1. The Morgan fingerprint density at radius 1 is 1.33 bits per heavy atom. The number of fused-ring (bicyclic) bond motifs is 1. The van der Waals surface area contributed by atoms with Crippen LogP contribution >= 0.6 is 0 Å². The number of hydrogen-bond acceptors (Lipinski definition) is 4. The summed E-state index contributed by atoms with van der Waals surface area (Å²) < 4.78 is 0. The molecular formula is C19H25N3O2. The molecule has 0 radical (unpaired) electrons. The second-order valence-electron chi connectivity index (χ2n) is 6.53. The molecule has 2 N–H and O–H groups in total. The maximum atomic E-state index is 12.1. The van der Waals surface area contributed by atoms with Gasteiger partial charge in [0.1, 0.15) is 0 Å². The van der Waals surface area contributed by atoms with Gasteiger partial charge >= 0.3 is 0 Å². The molecule has 5 heteroatoms. The van der Waals surface area contributed by atoms with Crippen LogP contribution in [-0.4, -0.2) is 60.1 Å². The van der Waals surface area contributed by atoms with Crippen LogP contribution < -0.4 is 5.32 Å². The van der Waals surface area contributed by atoms with Crippen LogP contribution in [0.4, 0.5) is 0 Å². The summed E-state index contributed by atoms with van der Waals surface area (Å²) in [4.78, 5) is 16.3. The Morgan fingerprint density at radius 3 is 2.88 bits per heavy atom. The van der Waals surface area contributed by atoms with Crippen molar-refractivity contribution in [3.8, 4) is 0 Å². The number of amides is 1. The summed E-state index contributed by atoms with van der Waals surface area (Å²) in [7, 11) is 1.96. The van der Waals surface area contributed by atoms with Crippen LogP contribution in [0.25, 0.3) is 0 Å². The smallest absolute Gasteiger partial charge is 0.251 e. The fourth-order valence-electron chi connectivity index (χ4n) is 3.13. The van der Waals surface area contributed by atoms with Gasteiger partial charge in [-0.25, -0.2) is 0 Å². The van der Waals surface area contributed by atoms with Crippen LogP contribution in [0.2, 0.25) is 0 Å². The van der Waals surface area contributed by atoms with Crippen molar-refractivity contribution in [1.82, 2.24) is 15.1 Å². The highest BCUT2D eigenvalue weighted by molar-refractivity contribution is 5.96.